The lowest BCUT2D eigenvalue weighted by molar-refractivity contribution is -0.139. The molecule has 1 aromatic heterocycles. The van der Waals surface area contributed by atoms with E-state index in [2.05, 4.69) is 15.9 Å². The highest BCUT2D eigenvalue weighted by Gasteiger charge is 2.32. The Kier molecular flexibility index (Phi) is 4.26. The van der Waals surface area contributed by atoms with E-state index in [4.69, 9.17) is 14.3 Å². The minimum absolute atomic E-state index is 0.132. The van der Waals surface area contributed by atoms with Crippen LogP contribution in [0.15, 0.2) is 15.2 Å². The first kappa shape index (κ1) is 14.1. The van der Waals surface area contributed by atoms with Crippen molar-refractivity contribution >= 4 is 27.8 Å². The number of carboxylic acid groups (broad SMARTS) is 1. The summed E-state index contributed by atoms with van der Waals surface area (Å²) in [7, 11) is 0. The van der Waals surface area contributed by atoms with E-state index in [1.54, 1.807) is 13.0 Å². The normalized spacial score (nSPS) is 19.5. The van der Waals surface area contributed by atoms with Crippen LogP contribution in [0.5, 0.6) is 0 Å². The van der Waals surface area contributed by atoms with Gasteiger partial charge in [0.2, 0.25) is 0 Å². The monoisotopic (exact) mass is 331 g/mol. The molecule has 2 heterocycles. The third-order valence-electron chi connectivity index (χ3n) is 2.98. The van der Waals surface area contributed by atoms with Crippen molar-refractivity contribution in [3.63, 3.8) is 0 Å². The highest BCUT2D eigenvalue weighted by Crippen LogP contribution is 2.23. The Labute approximate surface area is 118 Å². The number of carbonyl (C=O) groups is 2. The number of aryl methyl sites for hydroxylation is 1. The predicted molar refractivity (Wildman–Crippen MR) is 69.0 cm³/mol. The first-order valence-electron chi connectivity index (χ1n) is 5.85. The highest BCUT2D eigenvalue weighted by atomic mass is 79.9. The Balaban J connectivity index is 2.19. The van der Waals surface area contributed by atoms with Crippen molar-refractivity contribution in [1.82, 2.24) is 4.90 Å². The molecule has 0 bridgehead atoms. The van der Waals surface area contributed by atoms with Crippen molar-refractivity contribution in [3.05, 3.63) is 22.1 Å². The van der Waals surface area contributed by atoms with E-state index in [1.807, 2.05) is 0 Å². The number of ether oxygens (including phenoxy) is 1. The average molecular weight is 332 g/mol. The molecule has 1 aromatic rings. The van der Waals surface area contributed by atoms with E-state index < -0.39 is 12.0 Å². The van der Waals surface area contributed by atoms with Gasteiger partial charge in [0, 0.05) is 12.1 Å². The zero-order chi connectivity index (χ0) is 14.0. The fourth-order valence-corrected chi connectivity index (χ4v) is 2.58. The van der Waals surface area contributed by atoms with Crippen molar-refractivity contribution in [2.45, 2.75) is 19.4 Å². The molecule has 104 valence electrons. The van der Waals surface area contributed by atoms with Gasteiger partial charge < -0.3 is 19.2 Å². The van der Waals surface area contributed by atoms with Crippen molar-refractivity contribution in [2.24, 2.45) is 0 Å². The Bertz CT molecular complexity index is 498. The summed E-state index contributed by atoms with van der Waals surface area (Å²) >= 11 is 3.17. The van der Waals surface area contributed by atoms with Gasteiger partial charge in [-0.2, -0.15) is 0 Å². The molecule has 1 N–H and O–H groups in total. The summed E-state index contributed by atoms with van der Waals surface area (Å²) < 4.78 is 11.0. The molecule has 1 saturated heterocycles. The predicted octanol–water partition coefficient (Wildman–Crippen LogP) is 1.67. The summed E-state index contributed by atoms with van der Waals surface area (Å²) in [5.74, 6) is -1.01. The fraction of sp³-hybridized carbons (Fsp3) is 0.500. The standard InChI is InChI=1S/C12H14BrNO5/c1-7-4-9(13)19-11(7)12(17)14-2-3-18-6-8(14)5-10(15)16/h4,8H,2-3,5-6H2,1H3,(H,15,16). The summed E-state index contributed by atoms with van der Waals surface area (Å²) in [6, 6.07) is 1.25. The van der Waals surface area contributed by atoms with Gasteiger partial charge in [0.25, 0.3) is 5.91 Å². The quantitative estimate of drug-likeness (QED) is 0.911. The molecular weight excluding hydrogens is 318 g/mol. The van der Waals surface area contributed by atoms with Crippen LogP contribution >= 0.6 is 15.9 Å². The van der Waals surface area contributed by atoms with Gasteiger partial charge in [-0.1, -0.05) is 0 Å². The Hall–Kier alpha value is -1.34. The van der Waals surface area contributed by atoms with E-state index >= 15 is 0 Å². The van der Waals surface area contributed by atoms with Gasteiger partial charge >= 0.3 is 5.97 Å². The molecule has 19 heavy (non-hydrogen) atoms. The first-order valence-corrected chi connectivity index (χ1v) is 6.64. The number of hydrogen-bond donors (Lipinski definition) is 1. The summed E-state index contributed by atoms with van der Waals surface area (Å²) in [6.45, 7) is 2.78. The molecule has 1 amide bonds. The van der Waals surface area contributed by atoms with E-state index in [0.29, 0.717) is 17.8 Å². The van der Waals surface area contributed by atoms with Gasteiger partial charge in [0.05, 0.1) is 25.7 Å². The number of amides is 1. The number of hydrogen-bond acceptors (Lipinski definition) is 4. The average Bonchev–Trinajstić information content (AvgIpc) is 2.67. The Morgan fingerprint density at radius 1 is 1.58 bits per heavy atom. The summed E-state index contributed by atoms with van der Waals surface area (Å²) in [5, 5.41) is 8.87. The van der Waals surface area contributed by atoms with Gasteiger partial charge in [0.1, 0.15) is 0 Å². The molecule has 0 radical (unpaired) electrons. The maximum absolute atomic E-state index is 12.4. The number of carboxylic acids is 1. The number of aliphatic carboxylic acids is 1. The molecule has 1 aliphatic heterocycles. The minimum atomic E-state index is -0.953. The van der Waals surface area contributed by atoms with Gasteiger partial charge in [-0.15, -0.1) is 0 Å². The first-order chi connectivity index (χ1) is 8.99. The molecule has 1 atom stereocenters. The number of carbonyl (C=O) groups excluding carboxylic acids is 1. The van der Waals surface area contributed by atoms with Crippen molar-refractivity contribution in [3.8, 4) is 0 Å². The van der Waals surface area contributed by atoms with Crippen molar-refractivity contribution in [1.29, 1.82) is 0 Å². The third kappa shape index (κ3) is 3.16. The van der Waals surface area contributed by atoms with Crippen LogP contribution < -0.4 is 0 Å². The molecule has 2 rings (SSSR count). The number of morpholine rings is 1. The van der Waals surface area contributed by atoms with E-state index in [1.165, 1.54) is 4.90 Å². The molecule has 7 heteroatoms. The SMILES string of the molecule is Cc1cc(Br)oc1C(=O)N1CCOCC1CC(=O)O. The van der Waals surface area contributed by atoms with E-state index in [9.17, 15) is 9.59 Å². The highest BCUT2D eigenvalue weighted by molar-refractivity contribution is 9.10. The number of rotatable bonds is 3. The molecular formula is C12H14BrNO5. The maximum Gasteiger partial charge on any atom is 0.305 e. The van der Waals surface area contributed by atoms with Crippen LogP contribution in [0.4, 0.5) is 0 Å². The van der Waals surface area contributed by atoms with Crippen LogP contribution in [0.25, 0.3) is 0 Å². The largest absolute Gasteiger partial charge is 0.481 e. The molecule has 1 fully saturated rings. The molecule has 0 aromatic carbocycles. The van der Waals surface area contributed by atoms with E-state index in [0.717, 1.165) is 5.56 Å². The zero-order valence-electron chi connectivity index (χ0n) is 10.4. The minimum Gasteiger partial charge on any atom is -0.481 e. The van der Waals surface area contributed by atoms with Crippen molar-refractivity contribution in [2.75, 3.05) is 19.8 Å². The van der Waals surface area contributed by atoms with Gasteiger partial charge in [-0.05, 0) is 28.9 Å². The topological polar surface area (TPSA) is 80.0 Å². The van der Waals surface area contributed by atoms with Crippen LogP contribution in [0, 0.1) is 6.92 Å². The summed E-state index contributed by atoms with van der Waals surface area (Å²) in [5.41, 5.74) is 0.720. The molecule has 6 nitrogen and oxygen atoms in total. The Morgan fingerprint density at radius 3 is 2.89 bits per heavy atom. The second-order valence-corrected chi connectivity index (χ2v) is 5.17. The lowest BCUT2D eigenvalue weighted by atomic mass is 10.1. The van der Waals surface area contributed by atoms with E-state index in [-0.39, 0.29) is 24.7 Å². The van der Waals surface area contributed by atoms with Crippen LogP contribution in [0.2, 0.25) is 0 Å². The van der Waals surface area contributed by atoms with Crippen LogP contribution in [0.1, 0.15) is 22.5 Å². The molecule has 0 spiro atoms. The molecule has 0 saturated carbocycles. The Morgan fingerprint density at radius 2 is 2.32 bits per heavy atom. The molecule has 1 aliphatic rings. The smallest absolute Gasteiger partial charge is 0.305 e. The second kappa shape index (κ2) is 5.75. The molecule has 0 aliphatic carbocycles. The van der Waals surface area contributed by atoms with Crippen LogP contribution in [0.3, 0.4) is 0 Å². The van der Waals surface area contributed by atoms with Crippen molar-refractivity contribution < 1.29 is 23.8 Å². The zero-order valence-corrected chi connectivity index (χ0v) is 12.0. The fourth-order valence-electron chi connectivity index (χ4n) is 2.08. The third-order valence-corrected chi connectivity index (χ3v) is 3.37. The lowest BCUT2D eigenvalue weighted by Crippen LogP contribution is -2.49. The van der Waals surface area contributed by atoms with Gasteiger partial charge in [-0.3, -0.25) is 9.59 Å². The second-order valence-electron chi connectivity index (χ2n) is 4.39. The van der Waals surface area contributed by atoms with Gasteiger partial charge in [0.15, 0.2) is 10.4 Å². The van der Waals surface area contributed by atoms with Crippen LogP contribution in [-0.4, -0.2) is 47.7 Å². The summed E-state index contributed by atoms with van der Waals surface area (Å²) in [4.78, 5) is 24.7. The van der Waals surface area contributed by atoms with Gasteiger partial charge in [-0.25, -0.2) is 0 Å². The molecule has 1 unspecified atom stereocenters. The number of furan rings is 1. The lowest BCUT2D eigenvalue weighted by Gasteiger charge is -2.34. The maximum atomic E-state index is 12.4. The number of nitrogens with zero attached hydrogens (tertiary/aromatic N) is 1. The summed E-state index contributed by atoms with van der Waals surface area (Å²) in [6.07, 6.45) is -0.132. The van der Waals surface area contributed by atoms with Crippen LogP contribution in [-0.2, 0) is 9.53 Å². The number of halogens is 1.